The van der Waals surface area contributed by atoms with Crippen molar-refractivity contribution in [2.75, 3.05) is 39.8 Å². The normalized spacial score (nSPS) is 27.4. The summed E-state index contributed by atoms with van der Waals surface area (Å²) >= 11 is 0. The highest BCUT2D eigenvalue weighted by atomic mass is 15.5. The largest absolute Gasteiger partial charge is 0.329 e. The van der Waals surface area contributed by atoms with Gasteiger partial charge in [-0.25, -0.2) is 5.01 Å². The molecule has 0 aromatic carbocycles. The Morgan fingerprint density at radius 3 is 2.38 bits per heavy atom. The van der Waals surface area contributed by atoms with Gasteiger partial charge in [0.1, 0.15) is 0 Å². The molecule has 0 amide bonds. The smallest absolute Gasteiger partial charge is 0.0366 e. The lowest BCUT2D eigenvalue weighted by Gasteiger charge is -2.36. The summed E-state index contributed by atoms with van der Waals surface area (Å²) in [5.74, 6) is 0.810. The summed E-state index contributed by atoms with van der Waals surface area (Å²) in [5.41, 5.74) is 9.55. The highest BCUT2D eigenvalue weighted by Crippen LogP contribution is 2.27. The Hall–Kier alpha value is -0.160. The predicted molar refractivity (Wildman–Crippen MR) is 67.0 cm³/mol. The van der Waals surface area contributed by atoms with Crippen molar-refractivity contribution in [1.82, 2.24) is 15.3 Å². The molecule has 3 N–H and O–H groups in total. The lowest BCUT2D eigenvalue weighted by molar-refractivity contribution is 0.0753. The van der Waals surface area contributed by atoms with E-state index < -0.39 is 0 Å². The van der Waals surface area contributed by atoms with Crippen LogP contribution in [0.15, 0.2) is 0 Å². The van der Waals surface area contributed by atoms with Gasteiger partial charge < -0.3 is 10.6 Å². The molecule has 2 fully saturated rings. The SMILES string of the molecule is CN1CCN(NC(CN)C2CCCC2)CC1. The molecule has 16 heavy (non-hydrogen) atoms. The molecule has 2 rings (SSSR count). The molecule has 94 valence electrons. The molecule has 0 spiro atoms. The van der Waals surface area contributed by atoms with Gasteiger partial charge in [0, 0.05) is 38.8 Å². The van der Waals surface area contributed by atoms with Crippen molar-refractivity contribution in [3.05, 3.63) is 0 Å². The highest BCUT2D eigenvalue weighted by molar-refractivity contribution is 4.81. The van der Waals surface area contributed by atoms with Gasteiger partial charge in [-0.05, 0) is 25.8 Å². The highest BCUT2D eigenvalue weighted by Gasteiger charge is 2.26. The minimum atomic E-state index is 0.505. The second-order valence-corrected chi connectivity index (χ2v) is 5.31. The van der Waals surface area contributed by atoms with Crippen molar-refractivity contribution >= 4 is 0 Å². The van der Waals surface area contributed by atoms with Crippen molar-refractivity contribution < 1.29 is 0 Å². The van der Waals surface area contributed by atoms with Crippen LogP contribution in [0.25, 0.3) is 0 Å². The third-order valence-electron chi connectivity index (χ3n) is 4.07. The molecular weight excluding hydrogens is 200 g/mol. The molecule has 1 heterocycles. The van der Waals surface area contributed by atoms with Gasteiger partial charge in [0.05, 0.1) is 0 Å². The molecule has 1 aliphatic heterocycles. The Bertz CT molecular complexity index is 195. The van der Waals surface area contributed by atoms with Gasteiger partial charge in [-0.2, -0.15) is 0 Å². The molecule has 0 radical (unpaired) electrons. The fourth-order valence-electron chi connectivity index (χ4n) is 2.88. The van der Waals surface area contributed by atoms with E-state index in [-0.39, 0.29) is 0 Å². The first kappa shape index (κ1) is 12.3. The molecule has 1 saturated carbocycles. The molecule has 0 aromatic heterocycles. The molecular formula is C12H26N4. The van der Waals surface area contributed by atoms with E-state index in [2.05, 4.69) is 22.4 Å². The van der Waals surface area contributed by atoms with Gasteiger partial charge >= 0.3 is 0 Å². The summed E-state index contributed by atoms with van der Waals surface area (Å²) in [7, 11) is 2.19. The van der Waals surface area contributed by atoms with Crippen molar-refractivity contribution in [3.8, 4) is 0 Å². The van der Waals surface area contributed by atoms with E-state index >= 15 is 0 Å². The number of nitrogens with two attached hydrogens (primary N) is 1. The maximum Gasteiger partial charge on any atom is 0.0366 e. The molecule has 4 nitrogen and oxygen atoms in total. The van der Waals surface area contributed by atoms with Crippen molar-refractivity contribution in [3.63, 3.8) is 0 Å². The van der Waals surface area contributed by atoms with Crippen LogP contribution in [0.2, 0.25) is 0 Å². The van der Waals surface area contributed by atoms with Gasteiger partial charge in [-0.1, -0.05) is 12.8 Å². The number of likely N-dealkylation sites (N-methyl/N-ethyl adjacent to an activating group) is 1. The maximum atomic E-state index is 5.90. The predicted octanol–water partition coefficient (Wildman–Crippen LogP) is 0.256. The topological polar surface area (TPSA) is 44.5 Å². The fourth-order valence-corrected chi connectivity index (χ4v) is 2.88. The molecule has 1 aliphatic carbocycles. The van der Waals surface area contributed by atoms with Gasteiger partial charge in [0.15, 0.2) is 0 Å². The zero-order valence-electron chi connectivity index (χ0n) is 10.5. The summed E-state index contributed by atoms with van der Waals surface area (Å²) in [6.07, 6.45) is 5.52. The van der Waals surface area contributed by atoms with E-state index in [1.807, 2.05) is 0 Å². The average molecular weight is 226 g/mol. The Balaban J connectivity index is 1.77. The number of nitrogens with one attached hydrogen (secondary N) is 1. The third-order valence-corrected chi connectivity index (χ3v) is 4.07. The number of piperazine rings is 1. The Kier molecular flexibility index (Phi) is 4.58. The van der Waals surface area contributed by atoms with Crippen LogP contribution in [0.5, 0.6) is 0 Å². The molecule has 1 saturated heterocycles. The van der Waals surface area contributed by atoms with Crippen LogP contribution in [-0.4, -0.2) is 55.7 Å². The van der Waals surface area contributed by atoms with E-state index in [0.29, 0.717) is 6.04 Å². The van der Waals surface area contributed by atoms with Crippen LogP contribution in [0.3, 0.4) is 0 Å². The molecule has 0 aromatic rings. The summed E-state index contributed by atoms with van der Waals surface area (Å²) in [5, 5.41) is 2.37. The molecule has 0 bridgehead atoms. The third kappa shape index (κ3) is 3.17. The molecule has 4 heteroatoms. The lowest BCUT2D eigenvalue weighted by Crippen LogP contribution is -2.56. The first-order valence-electron chi connectivity index (χ1n) is 6.69. The summed E-state index contributed by atoms with van der Waals surface area (Å²) in [6.45, 7) is 5.35. The van der Waals surface area contributed by atoms with E-state index in [9.17, 15) is 0 Å². The number of hydrogen-bond acceptors (Lipinski definition) is 4. The number of rotatable bonds is 4. The zero-order chi connectivity index (χ0) is 11.4. The van der Waals surface area contributed by atoms with Gasteiger partial charge in [0.2, 0.25) is 0 Å². The summed E-state index contributed by atoms with van der Waals surface area (Å²) in [4.78, 5) is 2.38. The average Bonchev–Trinajstić information content (AvgIpc) is 2.82. The van der Waals surface area contributed by atoms with Crippen LogP contribution in [-0.2, 0) is 0 Å². The Labute approximate surface area is 99.1 Å². The summed E-state index contributed by atoms with van der Waals surface area (Å²) < 4.78 is 0. The zero-order valence-corrected chi connectivity index (χ0v) is 10.5. The van der Waals surface area contributed by atoms with Crippen LogP contribution in [0, 0.1) is 5.92 Å². The van der Waals surface area contributed by atoms with E-state index in [4.69, 9.17) is 5.73 Å². The quantitative estimate of drug-likeness (QED) is 0.721. The van der Waals surface area contributed by atoms with Crippen LogP contribution >= 0.6 is 0 Å². The van der Waals surface area contributed by atoms with Gasteiger partial charge in [0.25, 0.3) is 0 Å². The number of hydrogen-bond donors (Lipinski definition) is 2. The first-order chi connectivity index (χ1) is 7.79. The first-order valence-corrected chi connectivity index (χ1v) is 6.69. The van der Waals surface area contributed by atoms with Crippen molar-refractivity contribution in [2.24, 2.45) is 11.7 Å². The van der Waals surface area contributed by atoms with Crippen LogP contribution < -0.4 is 11.2 Å². The van der Waals surface area contributed by atoms with Crippen LogP contribution in [0.4, 0.5) is 0 Å². The minimum Gasteiger partial charge on any atom is -0.329 e. The number of nitrogens with zero attached hydrogens (tertiary/aromatic N) is 2. The van der Waals surface area contributed by atoms with Crippen molar-refractivity contribution in [2.45, 2.75) is 31.7 Å². The van der Waals surface area contributed by atoms with E-state index in [1.54, 1.807) is 0 Å². The summed E-state index contributed by atoms with van der Waals surface area (Å²) in [6, 6.07) is 0.505. The number of hydrazine groups is 1. The van der Waals surface area contributed by atoms with E-state index in [0.717, 1.165) is 38.6 Å². The molecule has 1 atom stereocenters. The van der Waals surface area contributed by atoms with Gasteiger partial charge in [-0.3, -0.25) is 5.43 Å². The lowest BCUT2D eigenvalue weighted by atomic mass is 9.99. The second-order valence-electron chi connectivity index (χ2n) is 5.31. The molecule has 2 aliphatic rings. The second kappa shape index (κ2) is 5.96. The minimum absolute atomic E-state index is 0.505. The van der Waals surface area contributed by atoms with Crippen molar-refractivity contribution in [1.29, 1.82) is 0 Å². The van der Waals surface area contributed by atoms with E-state index in [1.165, 1.54) is 25.7 Å². The monoisotopic (exact) mass is 226 g/mol. The standard InChI is InChI=1S/C12H26N4/c1-15-6-8-16(9-7-15)14-12(10-13)11-4-2-3-5-11/h11-12,14H,2-10,13H2,1H3. The Morgan fingerprint density at radius 1 is 1.19 bits per heavy atom. The van der Waals surface area contributed by atoms with Crippen LogP contribution in [0.1, 0.15) is 25.7 Å². The molecule has 1 unspecified atom stereocenters. The maximum absolute atomic E-state index is 5.90. The fraction of sp³-hybridized carbons (Fsp3) is 1.00. The van der Waals surface area contributed by atoms with Gasteiger partial charge in [-0.15, -0.1) is 0 Å². The Morgan fingerprint density at radius 2 is 1.81 bits per heavy atom.